The van der Waals surface area contributed by atoms with E-state index in [1.165, 1.54) is 18.5 Å². The van der Waals surface area contributed by atoms with Crippen LogP contribution < -0.4 is 14.5 Å². The van der Waals surface area contributed by atoms with E-state index < -0.39 is 12.0 Å². The zero-order valence-corrected chi connectivity index (χ0v) is 16.2. The summed E-state index contributed by atoms with van der Waals surface area (Å²) in [5, 5.41) is 23.0. The number of nitrogens with zero attached hydrogens (tertiary/aromatic N) is 3. The molecule has 0 amide bonds. The monoisotopic (exact) mass is 392 g/mol. The van der Waals surface area contributed by atoms with Gasteiger partial charge in [0.25, 0.3) is 0 Å². The van der Waals surface area contributed by atoms with Gasteiger partial charge in [-0.2, -0.15) is 5.26 Å². The number of hydrogen-bond donors (Lipinski definition) is 0. The minimum absolute atomic E-state index is 0.0335. The van der Waals surface area contributed by atoms with E-state index in [1.54, 1.807) is 19.2 Å². The second-order valence-corrected chi connectivity index (χ2v) is 7.43. The van der Waals surface area contributed by atoms with E-state index in [1.807, 2.05) is 6.07 Å². The lowest BCUT2D eigenvalue weighted by Crippen LogP contribution is -2.36. The molecule has 1 aromatic carbocycles. The Bertz CT molecular complexity index is 949. The van der Waals surface area contributed by atoms with Gasteiger partial charge in [-0.1, -0.05) is 6.07 Å². The van der Waals surface area contributed by atoms with Crippen molar-refractivity contribution in [2.45, 2.75) is 50.2 Å². The molecule has 2 atom stereocenters. The van der Waals surface area contributed by atoms with Crippen molar-refractivity contribution in [1.82, 2.24) is 4.98 Å². The Kier molecular flexibility index (Phi) is 5.36. The highest BCUT2D eigenvalue weighted by Gasteiger charge is 2.39. The molecule has 7 heteroatoms. The summed E-state index contributed by atoms with van der Waals surface area (Å²) in [5.41, 5.74) is 1.31. The Morgan fingerprint density at radius 3 is 2.79 bits per heavy atom. The molecule has 1 fully saturated rings. The Morgan fingerprint density at radius 1 is 1.31 bits per heavy atom. The summed E-state index contributed by atoms with van der Waals surface area (Å²) in [5.74, 6) is 0.286. The van der Waals surface area contributed by atoms with Crippen molar-refractivity contribution in [3.05, 3.63) is 53.0 Å². The molecule has 2 aromatic rings. The first-order chi connectivity index (χ1) is 14.1. The van der Waals surface area contributed by atoms with Gasteiger partial charge >= 0.3 is 0 Å². The fourth-order valence-electron chi connectivity index (χ4n) is 4.24. The van der Waals surface area contributed by atoms with Crippen LogP contribution in [0, 0.1) is 16.5 Å². The number of rotatable bonds is 6. The van der Waals surface area contributed by atoms with Crippen molar-refractivity contribution < 1.29 is 14.3 Å². The van der Waals surface area contributed by atoms with Gasteiger partial charge in [0.1, 0.15) is 0 Å². The van der Waals surface area contributed by atoms with Gasteiger partial charge in [-0.05, 0) is 49.4 Å². The molecule has 4 rings (SSSR count). The fraction of sp³-hybridized carbons (Fsp3) is 0.409. The molecule has 1 aliphatic heterocycles. The van der Waals surface area contributed by atoms with Crippen LogP contribution in [0.5, 0.6) is 11.5 Å². The molecule has 150 valence electrons. The maximum absolute atomic E-state index is 12.9. The second kappa shape index (κ2) is 8.10. The van der Waals surface area contributed by atoms with Gasteiger partial charge in [0.05, 0.1) is 30.9 Å². The highest BCUT2D eigenvalue weighted by Crippen LogP contribution is 2.41. The SMILES string of the molecule is COc1ccc(C(CC#N)C2C(=O)c3cnccc3N2[O-])cc1OC1CCCC1. The predicted octanol–water partition coefficient (Wildman–Crippen LogP) is 3.98. The summed E-state index contributed by atoms with van der Waals surface area (Å²) in [7, 11) is 1.58. The predicted molar refractivity (Wildman–Crippen MR) is 107 cm³/mol. The number of aromatic nitrogens is 1. The van der Waals surface area contributed by atoms with Crippen molar-refractivity contribution >= 4 is 11.5 Å². The van der Waals surface area contributed by atoms with Crippen LogP contribution in [0.2, 0.25) is 0 Å². The molecule has 0 saturated heterocycles. The summed E-state index contributed by atoms with van der Waals surface area (Å²) in [6, 6.07) is 8.04. The number of hydrogen-bond acceptors (Lipinski definition) is 7. The average molecular weight is 392 g/mol. The molecule has 29 heavy (non-hydrogen) atoms. The number of carbonyl (C=O) groups excluding carboxylic acids is 1. The molecule has 0 spiro atoms. The van der Waals surface area contributed by atoms with E-state index in [0.717, 1.165) is 25.7 Å². The number of pyridine rings is 1. The topological polar surface area (TPSA) is 98.5 Å². The average Bonchev–Trinajstić information content (AvgIpc) is 3.34. The lowest BCUT2D eigenvalue weighted by Gasteiger charge is -2.36. The normalized spacial score (nSPS) is 19.7. The Hall–Kier alpha value is -3.11. The number of carbonyl (C=O) groups is 1. The third-order valence-corrected chi connectivity index (χ3v) is 5.73. The first-order valence-corrected chi connectivity index (χ1v) is 9.80. The molecule has 1 aliphatic carbocycles. The van der Waals surface area contributed by atoms with Gasteiger partial charge in [-0.15, -0.1) is 0 Å². The number of hydroxylamine groups is 1. The Morgan fingerprint density at radius 2 is 2.10 bits per heavy atom. The van der Waals surface area contributed by atoms with E-state index in [0.29, 0.717) is 33.4 Å². The summed E-state index contributed by atoms with van der Waals surface area (Å²) >= 11 is 0. The van der Waals surface area contributed by atoms with E-state index >= 15 is 0 Å². The van der Waals surface area contributed by atoms with E-state index in [4.69, 9.17) is 9.47 Å². The second-order valence-electron chi connectivity index (χ2n) is 7.43. The number of anilines is 1. The zero-order chi connectivity index (χ0) is 20.4. The van der Waals surface area contributed by atoms with Crippen molar-refractivity contribution in [3.63, 3.8) is 0 Å². The van der Waals surface area contributed by atoms with Gasteiger partial charge in [-0.3, -0.25) is 9.78 Å². The minimum Gasteiger partial charge on any atom is -0.758 e. The molecule has 7 nitrogen and oxygen atoms in total. The first-order valence-electron chi connectivity index (χ1n) is 9.80. The third kappa shape index (κ3) is 3.52. The number of Topliss-reactive ketones (excluding diaryl/α,β-unsaturated/α-hetero) is 1. The van der Waals surface area contributed by atoms with E-state index in [9.17, 15) is 15.3 Å². The van der Waals surface area contributed by atoms with Gasteiger partial charge in [0.15, 0.2) is 17.3 Å². The smallest absolute Gasteiger partial charge is 0.188 e. The van der Waals surface area contributed by atoms with Crippen LogP contribution in [-0.2, 0) is 0 Å². The van der Waals surface area contributed by atoms with Crippen molar-refractivity contribution in [2.75, 3.05) is 12.2 Å². The van der Waals surface area contributed by atoms with Gasteiger partial charge < -0.3 is 19.7 Å². The zero-order valence-electron chi connectivity index (χ0n) is 16.2. The number of ketones is 1. The largest absolute Gasteiger partial charge is 0.758 e. The summed E-state index contributed by atoms with van der Waals surface area (Å²) in [6.07, 6.45) is 7.32. The molecule has 1 aromatic heterocycles. The summed E-state index contributed by atoms with van der Waals surface area (Å²) < 4.78 is 11.6. The molecule has 0 radical (unpaired) electrons. The highest BCUT2D eigenvalue weighted by molar-refractivity contribution is 6.11. The van der Waals surface area contributed by atoms with Crippen molar-refractivity contribution in [3.8, 4) is 17.6 Å². The third-order valence-electron chi connectivity index (χ3n) is 5.73. The lowest BCUT2D eigenvalue weighted by atomic mass is 9.86. The van der Waals surface area contributed by atoms with Crippen molar-refractivity contribution in [1.29, 1.82) is 5.26 Å². The molecule has 0 N–H and O–H groups in total. The molecule has 1 saturated carbocycles. The van der Waals surface area contributed by atoms with Crippen molar-refractivity contribution in [2.24, 2.45) is 0 Å². The van der Waals surface area contributed by atoms with Gasteiger partial charge in [0.2, 0.25) is 0 Å². The van der Waals surface area contributed by atoms with Crippen LogP contribution in [0.4, 0.5) is 5.69 Å². The van der Waals surface area contributed by atoms with Crippen LogP contribution in [0.1, 0.15) is 53.9 Å². The highest BCUT2D eigenvalue weighted by atomic mass is 16.5. The van der Waals surface area contributed by atoms with Crippen LogP contribution >= 0.6 is 0 Å². The lowest BCUT2D eigenvalue weighted by molar-refractivity contribution is 0.0961. The van der Waals surface area contributed by atoms with Crippen LogP contribution in [0.25, 0.3) is 0 Å². The quantitative estimate of drug-likeness (QED) is 0.733. The molecular weight excluding hydrogens is 370 g/mol. The van der Waals surface area contributed by atoms with Gasteiger partial charge in [-0.25, -0.2) is 0 Å². The molecular formula is C22H22N3O4-. The first kappa shape index (κ1) is 19.2. The number of ether oxygens (including phenoxy) is 2. The number of benzene rings is 1. The Labute approximate surface area is 169 Å². The number of nitriles is 1. The Balaban J connectivity index is 1.69. The molecule has 2 aliphatic rings. The summed E-state index contributed by atoms with van der Waals surface area (Å²) in [4.78, 5) is 16.9. The van der Waals surface area contributed by atoms with Crippen LogP contribution in [0.15, 0.2) is 36.7 Å². The maximum Gasteiger partial charge on any atom is 0.188 e. The molecule has 0 bridgehead atoms. The van der Waals surface area contributed by atoms with E-state index in [2.05, 4.69) is 11.1 Å². The standard InChI is InChI=1S/C22H22N3O4/c1-28-19-7-6-14(12-20(19)29-15-4-2-3-5-15)16(8-10-23)21-22(26)17-13-24-11-9-18(17)25(21)27/h6-7,9,11-13,15-16,21H,2-5,8H2,1H3/q-1. The summed E-state index contributed by atoms with van der Waals surface area (Å²) in [6.45, 7) is 0. The van der Waals surface area contributed by atoms with Crippen LogP contribution in [0.3, 0.4) is 0 Å². The maximum atomic E-state index is 12.9. The molecule has 2 heterocycles. The molecule has 2 unspecified atom stereocenters. The van der Waals surface area contributed by atoms with E-state index in [-0.39, 0.29) is 18.3 Å². The van der Waals surface area contributed by atoms with Crippen LogP contribution in [-0.4, -0.2) is 30.0 Å². The minimum atomic E-state index is -0.999. The fourth-order valence-corrected chi connectivity index (χ4v) is 4.24. The number of fused-ring (bicyclic) bond motifs is 1. The van der Waals surface area contributed by atoms with Gasteiger partial charge in [0, 0.05) is 30.4 Å². The number of methoxy groups -OCH3 is 1.